The number of carbonyl (C=O) groups excluding carboxylic acids is 1. The molecule has 0 saturated carbocycles. The van der Waals surface area contributed by atoms with Crippen molar-refractivity contribution in [1.29, 1.82) is 0 Å². The predicted molar refractivity (Wildman–Crippen MR) is 133 cm³/mol. The molecule has 32 heavy (non-hydrogen) atoms. The monoisotopic (exact) mass is 488 g/mol. The normalized spacial score (nSPS) is 11.2. The van der Waals surface area contributed by atoms with Crippen LogP contribution in [0.5, 0.6) is 0 Å². The van der Waals surface area contributed by atoms with Gasteiger partial charge in [-0.1, -0.05) is 54.4 Å². The van der Waals surface area contributed by atoms with Crippen molar-refractivity contribution in [1.82, 2.24) is 0 Å². The summed E-state index contributed by atoms with van der Waals surface area (Å²) in [6.07, 6.45) is 0. The maximum absolute atomic E-state index is 13.5. The second kappa shape index (κ2) is 10.4. The second-order valence-corrected chi connectivity index (χ2v) is 10.8. The zero-order chi connectivity index (χ0) is 23.3. The first-order valence-corrected chi connectivity index (χ1v) is 12.9. The Hall–Kier alpha value is -2.48. The zero-order valence-electron chi connectivity index (χ0n) is 18.1. The molecule has 0 aromatic heterocycles. The van der Waals surface area contributed by atoms with E-state index in [1.54, 1.807) is 60.3 Å². The molecule has 0 heterocycles. The number of hydrogen-bond donors (Lipinski definition) is 1. The van der Waals surface area contributed by atoms with Gasteiger partial charge < -0.3 is 5.32 Å². The summed E-state index contributed by atoms with van der Waals surface area (Å²) in [5, 5.41) is 3.28. The molecular weight excluding hydrogens is 464 g/mol. The SMILES string of the molecule is CCSc1ccccc1NC(=O)CN(c1ccc(C)c(Cl)c1)S(=O)(=O)c1ccc(C)cc1. The number of nitrogens with one attached hydrogen (secondary N) is 1. The Morgan fingerprint density at radius 1 is 1.03 bits per heavy atom. The number of carbonyl (C=O) groups is 1. The lowest BCUT2D eigenvalue weighted by Gasteiger charge is -2.25. The van der Waals surface area contributed by atoms with E-state index in [0.29, 0.717) is 16.4 Å². The van der Waals surface area contributed by atoms with Crippen LogP contribution in [-0.2, 0) is 14.8 Å². The van der Waals surface area contributed by atoms with Crippen LogP contribution < -0.4 is 9.62 Å². The van der Waals surface area contributed by atoms with Gasteiger partial charge in [0.25, 0.3) is 10.0 Å². The summed E-state index contributed by atoms with van der Waals surface area (Å²) in [4.78, 5) is 14.0. The van der Waals surface area contributed by atoms with E-state index in [1.165, 1.54) is 0 Å². The van der Waals surface area contributed by atoms with Gasteiger partial charge in [-0.15, -0.1) is 11.8 Å². The zero-order valence-corrected chi connectivity index (χ0v) is 20.5. The number of rotatable bonds is 8. The van der Waals surface area contributed by atoms with Crippen molar-refractivity contribution in [3.8, 4) is 0 Å². The Bertz CT molecular complexity index is 1210. The van der Waals surface area contributed by atoms with Crippen LogP contribution in [0.2, 0.25) is 5.02 Å². The van der Waals surface area contributed by atoms with Crippen molar-refractivity contribution >= 4 is 50.7 Å². The van der Waals surface area contributed by atoms with Gasteiger partial charge in [-0.3, -0.25) is 9.10 Å². The van der Waals surface area contributed by atoms with Crippen molar-refractivity contribution in [2.75, 3.05) is 21.9 Å². The molecule has 8 heteroatoms. The van der Waals surface area contributed by atoms with Crippen LogP contribution >= 0.6 is 23.4 Å². The molecule has 0 radical (unpaired) electrons. The fourth-order valence-corrected chi connectivity index (χ4v) is 5.41. The highest BCUT2D eigenvalue weighted by molar-refractivity contribution is 7.99. The van der Waals surface area contributed by atoms with Gasteiger partial charge in [-0.2, -0.15) is 0 Å². The van der Waals surface area contributed by atoms with Gasteiger partial charge in [0, 0.05) is 9.92 Å². The Kier molecular flexibility index (Phi) is 7.87. The number of nitrogens with zero attached hydrogens (tertiary/aromatic N) is 1. The molecule has 0 aliphatic carbocycles. The van der Waals surface area contributed by atoms with Crippen molar-refractivity contribution in [3.63, 3.8) is 0 Å². The molecule has 0 fully saturated rings. The average Bonchev–Trinajstić information content (AvgIpc) is 2.76. The van der Waals surface area contributed by atoms with Crippen molar-refractivity contribution in [2.24, 2.45) is 0 Å². The van der Waals surface area contributed by atoms with E-state index >= 15 is 0 Å². The summed E-state index contributed by atoms with van der Waals surface area (Å²) in [6, 6.07) is 18.9. The maximum Gasteiger partial charge on any atom is 0.264 e. The van der Waals surface area contributed by atoms with Gasteiger partial charge >= 0.3 is 0 Å². The number of hydrogen-bond acceptors (Lipinski definition) is 4. The molecule has 3 rings (SSSR count). The van der Waals surface area contributed by atoms with E-state index in [4.69, 9.17) is 11.6 Å². The maximum atomic E-state index is 13.5. The Morgan fingerprint density at radius 2 is 1.72 bits per heavy atom. The largest absolute Gasteiger partial charge is 0.323 e. The van der Waals surface area contributed by atoms with Crippen LogP contribution in [0.4, 0.5) is 11.4 Å². The van der Waals surface area contributed by atoms with Gasteiger partial charge in [0.15, 0.2) is 0 Å². The van der Waals surface area contributed by atoms with Crippen LogP contribution in [0.1, 0.15) is 18.1 Å². The highest BCUT2D eigenvalue weighted by Gasteiger charge is 2.28. The summed E-state index contributed by atoms with van der Waals surface area (Å²) < 4.78 is 28.1. The van der Waals surface area contributed by atoms with Crippen LogP contribution in [0.25, 0.3) is 0 Å². The van der Waals surface area contributed by atoms with Crippen LogP contribution in [-0.4, -0.2) is 26.6 Å². The topological polar surface area (TPSA) is 66.5 Å². The summed E-state index contributed by atoms with van der Waals surface area (Å²) in [7, 11) is -4.00. The number of anilines is 2. The van der Waals surface area contributed by atoms with E-state index in [2.05, 4.69) is 5.32 Å². The molecule has 1 N–H and O–H groups in total. The number of benzene rings is 3. The number of sulfonamides is 1. The fourth-order valence-electron chi connectivity index (χ4n) is 3.06. The lowest BCUT2D eigenvalue weighted by molar-refractivity contribution is -0.114. The summed E-state index contributed by atoms with van der Waals surface area (Å²) in [6.45, 7) is 5.36. The Morgan fingerprint density at radius 3 is 2.38 bits per heavy atom. The van der Waals surface area contributed by atoms with E-state index < -0.39 is 15.9 Å². The predicted octanol–water partition coefficient (Wildman–Crippen LogP) is 5.90. The molecule has 5 nitrogen and oxygen atoms in total. The highest BCUT2D eigenvalue weighted by atomic mass is 35.5. The lowest BCUT2D eigenvalue weighted by atomic mass is 10.2. The smallest absolute Gasteiger partial charge is 0.264 e. The van der Waals surface area contributed by atoms with Crippen LogP contribution in [0, 0.1) is 13.8 Å². The molecule has 0 aliphatic heterocycles. The Labute approximate surface area is 198 Å². The number of aryl methyl sites for hydroxylation is 2. The van der Waals surface area contributed by atoms with E-state index in [1.807, 2.05) is 39.0 Å². The standard InChI is InChI=1S/C24H25ClN2O3S2/c1-4-31-23-8-6-5-7-22(23)26-24(28)16-27(19-12-11-18(3)21(25)15-19)32(29,30)20-13-9-17(2)10-14-20/h5-15H,4,16H2,1-3H3,(H,26,28). The molecule has 168 valence electrons. The molecule has 0 aliphatic rings. The molecule has 3 aromatic carbocycles. The summed E-state index contributed by atoms with van der Waals surface area (Å²) in [5.41, 5.74) is 2.74. The first-order chi connectivity index (χ1) is 15.2. The summed E-state index contributed by atoms with van der Waals surface area (Å²) in [5.74, 6) is 0.407. The minimum Gasteiger partial charge on any atom is -0.323 e. The summed E-state index contributed by atoms with van der Waals surface area (Å²) >= 11 is 7.87. The molecular formula is C24H25ClN2O3S2. The number of amides is 1. The lowest BCUT2D eigenvalue weighted by Crippen LogP contribution is -2.38. The minimum absolute atomic E-state index is 0.106. The van der Waals surface area contributed by atoms with E-state index in [-0.39, 0.29) is 11.4 Å². The van der Waals surface area contributed by atoms with Crippen molar-refractivity contribution < 1.29 is 13.2 Å². The van der Waals surface area contributed by atoms with Gasteiger partial charge in [0.1, 0.15) is 6.54 Å². The van der Waals surface area contributed by atoms with Crippen molar-refractivity contribution in [2.45, 2.75) is 30.6 Å². The third-order valence-corrected chi connectivity index (χ3v) is 7.95. The minimum atomic E-state index is -4.00. The van der Waals surface area contributed by atoms with E-state index in [0.717, 1.165) is 26.1 Å². The van der Waals surface area contributed by atoms with E-state index in [9.17, 15) is 13.2 Å². The molecule has 1 amide bonds. The molecule has 0 atom stereocenters. The molecule has 0 bridgehead atoms. The first-order valence-electron chi connectivity index (χ1n) is 10.1. The molecule has 0 spiro atoms. The quantitative estimate of drug-likeness (QED) is 0.401. The fraction of sp³-hybridized carbons (Fsp3) is 0.208. The van der Waals surface area contributed by atoms with Gasteiger partial charge in [0.2, 0.25) is 5.91 Å². The van der Waals surface area contributed by atoms with Gasteiger partial charge in [-0.05, 0) is 61.6 Å². The first kappa shape index (κ1) is 24.2. The molecule has 0 saturated heterocycles. The van der Waals surface area contributed by atoms with Crippen molar-refractivity contribution in [3.05, 3.63) is 82.9 Å². The number of halogens is 1. The molecule has 3 aromatic rings. The average molecular weight is 489 g/mol. The Balaban J connectivity index is 1.97. The second-order valence-electron chi connectivity index (χ2n) is 7.24. The number of thioether (sulfide) groups is 1. The van der Waals surface area contributed by atoms with Crippen LogP contribution in [0.15, 0.2) is 76.5 Å². The third-order valence-electron chi connectivity index (χ3n) is 4.80. The van der Waals surface area contributed by atoms with Crippen LogP contribution in [0.3, 0.4) is 0 Å². The van der Waals surface area contributed by atoms with Gasteiger partial charge in [0.05, 0.1) is 16.3 Å². The van der Waals surface area contributed by atoms with Gasteiger partial charge in [-0.25, -0.2) is 8.42 Å². The third kappa shape index (κ3) is 5.65. The highest BCUT2D eigenvalue weighted by Crippen LogP contribution is 2.29. The molecule has 0 unspecified atom stereocenters. The number of para-hydroxylation sites is 1.